The predicted octanol–water partition coefficient (Wildman–Crippen LogP) is 4.84. The van der Waals surface area contributed by atoms with E-state index in [9.17, 15) is 9.90 Å². The van der Waals surface area contributed by atoms with E-state index in [1.54, 1.807) is 37.3 Å². The number of esters is 1. The zero-order valence-electron chi connectivity index (χ0n) is 13.2. The van der Waals surface area contributed by atoms with Crippen LogP contribution in [0.25, 0.3) is 10.8 Å². The van der Waals surface area contributed by atoms with Crippen LogP contribution >= 0.6 is 15.9 Å². The number of hydrogen-bond donors (Lipinski definition) is 1. The number of phenols is 1. The first kappa shape index (κ1) is 16.3. The highest BCUT2D eigenvalue weighted by Gasteiger charge is 2.24. The number of hydrogen-bond acceptors (Lipinski definition) is 4. The van der Waals surface area contributed by atoms with Crippen molar-refractivity contribution in [3.05, 3.63) is 64.1 Å². The van der Waals surface area contributed by atoms with E-state index in [2.05, 4.69) is 15.9 Å². The number of benzene rings is 3. The fourth-order valence-corrected chi connectivity index (χ4v) is 3.06. The molecule has 0 aromatic heterocycles. The van der Waals surface area contributed by atoms with E-state index in [4.69, 9.17) is 9.47 Å². The van der Waals surface area contributed by atoms with Crippen molar-refractivity contribution in [2.24, 2.45) is 0 Å². The number of phenolic OH excluding ortho intramolecular Hbond substituents is 1. The van der Waals surface area contributed by atoms with E-state index in [0.29, 0.717) is 22.4 Å². The molecule has 3 aromatic carbocycles. The fourth-order valence-electron chi connectivity index (χ4n) is 2.70. The lowest BCUT2D eigenvalue weighted by Crippen LogP contribution is -2.11. The summed E-state index contributed by atoms with van der Waals surface area (Å²) >= 11 is 3.38. The number of carbonyl (C=O) groups excluding carboxylic acids is 1. The molecule has 0 aliphatic rings. The first-order valence-electron chi connectivity index (χ1n) is 7.29. The van der Waals surface area contributed by atoms with Gasteiger partial charge in [0.1, 0.15) is 22.8 Å². The van der Waals surface area contributed by atoms with Gasteiger partial charge in [-0.05, 0) is 37.3 Å². The summed E-state index contributed by atoms with van der Waals surface area (Å²) in [6.45, 7) is 1.72. The van der Waals surface area contributed by atoms with Crippen molar-refractivity contribution in [2.45, 2.75) is 6.92 Å². The molecule has 0 atom stereocenters. The van der Waals surface area contributed by atoms with E-state index in [0.717, 1.165) is 9.86 Å². The molecule has 0 radical (unpaired) electrons. The van der Waals surface area contributed by atoms with E-state index < -0.39 is 5.97 Å². The lowest BCUT2D eigenvalue weighted by Gasteiger charge is -2.16. The monoisotopic (exact) mass is 386 g/mol. The summed E-state index contributed by atoms with van der Waals surface area (Å²) in [5.74, 6) is 0.201. The van der Waals surface area contributed by atoms with Gasteiger partial charge in [0.2, 0.25) is 0 Å². The van der Waals surface area contributed by atoms with Crippen LogP contribution in [0.3, 0.4) is 0 Å². The van der Waals surface area contributed by atoms with Crippen LogP contribution in [0.1, 0.15) is 15.9 Å². The molecule has 0 spiro atoms. The van der Waals surface area contributed by atoms with Gasteiger partial charge in [0.15, 0.2) is 0 Å². The summed E-state index contributed by atoms with van der Waals surface area (Å²) in [7, 11) is 1.53. The second-order valence-electron chi connectivity index (χ2n) is 5.27. The molecule has 0 heterocycles. The van der Waals surface area contributed by atoms with E-state index in [-0.39, 0.29) is 11.3 Å². The Morgan fingerprint density at radius 2 is 1.79 bits per heavy atom. The lowest BCUT2D eigenvalue weighted by atomic mass is 9.98. The van der Waals surface area contributed by atoms with Crippen molar-refractivity contribution >= 4 is 32.7 Å². The van der Waals surface area contributed by atoms with Crippen LogP contribution in [-0.2, 0) is 0 Å². The van der Waals surface area contributed by atoms with Crippen molar-refractivity contribution in [1.29, 1.82) is 0 Å². The summed E-state index contributed by atoms with van der Waals surface area (Å²) in [5.41, 5.74) is 0.632. The third-order valence-electron chi connectivity index (χ3n) is 3.80. The van der Waals surface area contributed by atoms with Crippen molar-refractivity contribution < 1.29 is 19.4 Å². The van der Waals surface area contributed by atoms with Crippen LogP contribution in [0.2, 0.25) is 0 Å². The zero-order chi connectivity index (χ0) is 17.3. The molecule has 0 fully saturated rings. The Hall–Kier alpha value is -2.53. The molecule has 4 nitrogen and oxygen atoms in total. The van der Waals surface area contributed by atoms with Gasteiger partial charge in [0.25, 0.3) is 0 Å². The second-order valence-corrected chi connectivity index (χ2v) is 6.19. The smallest absolute Gasteiger partial charge is 0.347 e. The molecule has 122 valence electrons. The van der Waals surface area contributed by atoms with E-state index >= 15 is 0 Å². The molecule has 3 rings (SSSR count). The minimum atomic E-state index is -0.628. The SMILES string of the molecule is COc1c(C)c(C(=O)Oc2ccccc2)c(O)c2cc(Br)ccc12. The number of rotatable bonds is 3. The number of halogens is 1. The predicted molar refractivity (Wildman–Crippen MR) is 96.0 cm³/mol. The molecule has 0 saturated heterocycles. The zero-order valence-corrected chi connectivity index (χ0v) is 14.8. The van der Waals surface area contributed by atoms with Crippen molar-refractivity contribution in [3.8, 4) is 17.2 Å². The minimum Gasteiger partial charge on any atom is -0.506 e. The summed E-state index contributed by atoms with van der Waals surface area (Å²) in [6.07, 6.45) is 0. The van der Waals surface area contributed by atoms with Crippen LogP contribution in [0.5, 0.6) is 17.2 Å². The summed E-state index contributed by atoms with van der Waals surface area (Å²) in [4.78, 5) is 12.6. The molecule has 1 N–H and O–H groups in total. The summed E-state index contributed by atoms with van der Waals surface area (Å²) in [6, 6.07) is 14.2. The maximum absolute atomic E-state index is 12.6. The average Bonchev–Trinajstić information content (AvgIpc) is 2.57. The first-order valence-corrected chi connectivity index (χ1v) is 8.08. The number of methoxy groups -OCH3 is 1. The maximum Gasteiger partial charge on any atom is 0.347 e. The molecule has 3 aromatic rings. The minimum absolute atomic E-state index is 0.0984. The number of para-hydroxylation sites is 1. The van der Waals surface area contributed by atoms with Crippen molar-refractivity contribution in [2.75, 3.05) is 7.11 Å². The average molecular weight is 387 g/mol. The van der Waals surface area contributed by atoms with Crippen LogP contribution in [0.15, 0.2) is 53.0 Å². The van der Waals surface area contributed by atoms with Gasteiger partial charge in [0, 0.05) is 20.8 Å². The van der Waals surface area contributed by atoms with Crippen LogP contribution < -0.4 is 9.47 Å². The summed E-state index contributed by atoms with van der Waals surface area (Å²) < 4.78 is 11.6. The number of ether oxygens (including phenoxy) is 2. The normalized spacial score (nSPS) is 10.6. The van der Waals surface area contributed by atoms with Gasteiger partial charge in [-0.25, -0.2) is 4.79 Å². The summed E-state index contributed by atoms with van der Waals surface area (Å²) in [5, 5.41) is 11.9. The van der Waals surface area contributed by atoms with E-state index in [1.165, 1.54) is 7.11 Å². The van der Waals surface area contributed by atoms with Crippen LogP contribution in [-0.4, -0.2) is 18.2 Å². The largest absolute Gasteiger partial charge is 0.506 e. The highest BCUT2D eigenvalue weighted by atomic mass is 79.9. The first-order chi connectivity index (χ1) is 11.5. The van der Waals surface area contributed by atoms with Gasteiger partial charge in [0.05, 0.1) is 7.11 Å². The van der Waals surface area contributed by atoms with Crippen molar-refractivity contribution in [3.63, 3.8) is 0 Å². The fraction of sp³-hybridized carbons (Fsp3) is 0.105. The van der Waals surface area contributed by atoms with Crippen LogP contribution in [0.4, 0.5) is 0 Å². The highest BCUT2D eigenvalue weighted by molar-refractivity contribution is 9.10. The molecular formula is C19H15BrO4. The highest BCUT2D eigenvalue weighted by Crippen LogP contribution is 2.41. The Bertz CT molecular complexity index is 920. The topological polar surface area (TPSA) is 55.8 Å². The standard InChI is InChI=1S/C19H15BrO4/c1-11-16(19(22)24-13-6-4-3-5-7-13)17(21)15-10-12(20)8-9-14(15)18(11)23-2/h3-10,21H,1-2H3. The number of fused-ring (bicyclic) bond motifs is 1. The third-order valence-corrected chi connectivity index (χ3v) is 4.29. The molecule has 24 heavy (non-hydrogen) atoms. The van der Waals surface area contributed by atoms with Gasteiger partial charge in [-0.15, -0.1) is 0 Å². The Balaban J connectivity index is 2.18. The molecular weight excluding hydrogens is 372 g/mol. The maximum atomic E-state index is 12.6. The Kier molecular flexibility index (Phi) is 4.44. The Labute approximate surface area is 147 Å². The molecule has 0 aliphatic heterocycles. The number of aromatic hydroxyl groups is 1. The van der Waals surface area contributed by atoms with Gasteiger partial charge in [-0.2, -0.15) is 0 Å². The van der Waals surface area contributed by atoms with Gasteiger partial charge < -0.3 is 14.6 Å². The van der Waals surface area contributed by atoms with Crippen molar-refractivity contribution in [1.82, 2.24) is 0 Å². The third kappa shape index (κ3) is 2.83. The molecule has 5 heteroatoms. The molecule has 0 amide bonds. The Morgan fingerprint density at radius 1 is 1.08 bits per heavy atom. The lowest BCUT2D eigenvalue weighted by molar-refractivity contribution is 0.0730. The van der Waals surface area contributed by atoms with Crippen LogP contribution in [0, 0.1) is 6.92 Å². The molecule has 0 saturated carbocycles. The Morgan fingerprint density at radius 3 is 2.46 bits per heavy atom. The van der Waals surface area contributed by atoms with E-state index in [1.807, 2.05) is 18.2 Å². The van der Waals surface area contributed by atoms with Gasteiger partial charge >= 0.3 is 5.97 Å². The second kappa shape index (κ2) is 6.53. The molecule has 0 bridgehead atoms. The quantitative estimate of drug-likeness (QED) is 0.516. The molecule has 0 aliphatic carbocycles. The molecule has 0 unspecified atom stereocenters. The number of carbonyl (C=O) groups is 1. The van der Waals surface area contributed by atoms with Gasteiger partial charge in [-0.1, -0.05) is 34.1 Å². The van der Waals surface area contributed by atoms with Gasteiger partial charge in [-0.3, -0.25) is 0 Å².